The number of piperazine rings is 1. The second-order valence-corrected chi connectivity index (χ2v) is 6.14. The average Bonchev–Trinajstić information content (AvgIpc) is 2.48. The van der Waals surface area contributed by atoms with E-state index < -0.39 is 0 Å². The van der Waals surface area contributed by atoms with Gasteiger partial charge in [-0.05, 0) is 37.0 Å². The first-order chi connectivity index (χ1) is 9.72. The molecule has 0 radical (unpaired) electrons. The van der Waals surface area contributed by atoms with E-state index in [1.54, 1.807) is 0 Å². The highest BCUT2D eigenvalue weighted by Gasteiger charge is 2.21. The highest BCUT2D eigenvalue weighted by atomic mass is 35.5. The van der Waals surface area contributed by atoms with E-state index in [9.17, 15) is 0 Å². The van der Waals surface area contributed by atoms with E-state index in [2.05, 4.69) is 49.2 Å². The van der Waals surface area contributed by atoms with Crippen LogP contribution in [0.4, 0.5) is 0 Å². The van der Waals surface area contributed by atoms with Gasteiger partial charge in [-0.1, -0.05) is 44.4 Å². The number of hydrogen-bond acceptors (Lipinski definition) is 2. The van der Waals surface area contributed by atoms with Gasteiger partial charge in [-0.3, -0.25) is 4.90 Å². The fraction of sp³-hybridized carbons (Fsp3) is 0.667. The minimum atomic E-state index is 0. The van der Waals surface area contributed by atoms with Crippen LogP contribution in [0.25, 0.3) is 0 Å². The highest BCUT2D eigenvalue weighted by Crippen LogP contribution is 2.28. The predicted molar refractivity (Wildman–Crippen MR) is 102 cm³/mol. The van der Waals surface area contributed by atoms with Crippen molar-refractivity contribution in [3.05, 3.63) is 34.9 Å². The van der Waals surface area contributed by atoms with Gasteiger partial charge in [-0.25, -0.2) is 0 Å². The molecule has 0 unspecified atom stereocenters. The predicted octanol–water partition coefficient (Wildman–Crippen LogP) is 4.67. The number of aryl methyl sites for hydroxylation is 2. The molecule has 1 aliphatic heterocycles. The van der Waals surface area contributed by atoms with Gasteiger partial charge < -0.3 is 5.32 Å². The molecule has 0 amide bonds. The Kier molecular flexibility index (Phi) is 11.1. The Balaban J connectivity index is 0.00000220. The molecule has 0 bridgehead atoms. The Morgan fingerprint density at radius 3 is 2.32 bits per heavy atom. The average molecular weight is 347 g/mol. The van der Waals surface area contributed by atoms with Crippen LogP contribution in [0.1, 0.15) is 55.3 Å². The van der Waals surface area contributed by atoms with Gasteiger partial charge in [0.05, 0.1) is 0 Å². The molecule has 128 valence electrons. The topological polar surface area (TPSA) is 15.3 Å². The molecule has 1 aromatic carbocycles. The lowest BCUT2D eigenvalue weighted by Gasteiger charge is -2.35. The monoisotopic (exact) mass is 346 g/mol. The highest BCUT2D eigenvalue weighted by molar-refractivity contribution is 5.85. The van der Waals surface area contributed by atoms with Crippen molar-refractivity contribution < 1.29 is 0 Å². The van der Waals surface area contributed by atoms with Crippen molar-refractivity contribution in [2.45, 2.75) is 52.5 Å². The standard InChI is InChI=1S/C18H30N2.2ClH/c1-4-5-6-7-18(20-12-10-19-11-13-20)17-9-8-15(2)16(3)14-17;;/h8-9,14,18-19H,4-7,10-13H2,1-3H3;2*1H/t18-;;/m0../s1. The molecular formula is C18H32Cl2N2. The van der Waals surface area contributed by atoms with Crippen molar-refractivity contribution in [1.29, 1.82) is 0 Å². The summed E-state index contributed by atoms with van der Waals surface area (Å²) < 4.78 is 0. The Morgan fingerprint density at radius 2 is 1.73 bits per heavy atom. The van der Waals surface area contributed by atoms with Crippen LogP contribution in [0.2, 0.25) is 0 Å². The number of nitrogens with one attached hydrogen (secondary N) is 1. The molecule has 1 aliphatic rings. The lowest BCUT2D eigenvalue weighted by atomic mass is 9.95. The van der Waals surface area contributed by atoms with Gasteiger partial charge >= 0.3 is 0 Å². The van der Waals surface area contributed by atoms with Crippen molar-refractivity contribution in [1.82, 2.24) is 10.2 Å². The third-order valence-electron chi connectivity index (χ3n) is 4.59. The van der Waals surface area contributed by atoms with Crippen LogP contribution in [0.3, 0.4) is 0 Å². The summed E-state index contributed by atoms with van der Waals surface area (Å²) in [5.74, 6) is 0. The molecule has 22 heavy (non-hydrogen) atoms. The smallest absolute Gasteiger partial charge is 0.0349 e. The zero-order chi connectivity index (χ0) is 14.4. The van der Waals surface area contributed by atoms with Crippen molar-refractivity contribution >= 4 is 24.8 Å². The minimum absolute atomic E-state index is 0. The molecule has 2 rings (SSSR count). The van der Waals surface area contributed by atoms with E-state index in [-0.39, 0.29) is 24.8 Å². The Morgan fingerprint density at radius 1 is 1.05 bits per heavy atom. The normalized spacial score (nSPS) is 16.5. The molecule has 2 nitrogen and oxygen atoms in total. The van der Waals surface area contributed by atoms with Crippen LogP contribution >= 0.6 is 24.8 Å². The molecule has 1 fully saturated rings. The maximum Gasteiger partial charge on any atom is 0.0349 e. The minimum Gasteiger partial charge on any atom is -0.314 e. The Hall–Kier alpha value is -0.280. The summed E-state index contributed by atoms with van der Waals surface area (Å²) in [6, 6.07) is 7.66. The van der Waals surface area contributed by atoms with E-state index in [0.29, 0.717) is 6.04 Å². The molecule has 1 heterocycles. The summed E-state index contributed by atoms with van der Waals surface area (Å²) in [7, 11) is 0. The molecule has 1 aromatic rings. The summed E-state index contributed by atoms with van der Waals surface area (Å²) in [4.78, 5) is 2.68. The molecule has 1 N–H and O–H groups in total. The first kappa shape index (κ1) is 21.7. The fourth-order valence-corrected chi connectivity index (χ4v) is 3.11. The van der Waals surface area contributed by atoms with Crippen molar-refractivity contribution in [2.24, 2.45) is 0 Å². The lowest BCUT2D eigenvalue weighted by molar-refractivity contribution is 0.162. The van der Waals surface area contributed by atoms with Gasteiger partial charge in [0.15, 0.2) is 0 Å². The van der Waals surface area contributed by atoms with Crippen LogP contribution in [0.5, 0.6) is 0 Å². The quantitative estimate of drug-likeness (QED) is 0.752. The second kappa shape index (κ2) is 11.3. The summed E-state index contributed by atoms with van der Waals surface area (Å²) >= 11 is 0. The molecular weight excluding hydrogens is 315 g/mol. The Labute approximate surface area is 148 Å². The number of unbranched alkanes of at least 4 members (excludes halogenated alkanes) is 2. The van der Waals surface area contributed by atoms with Crippen LogP contribution in [-0.4, -0.2) is 31.1 Å². The summed E-state index contributed by atoms with van der Waals surface area (Å²) in [6.07, 6.45) is 5.31. The first-order valence-corrected chi connectivity index (χ1v) is 8.24. The van der Waals surface area contributed by atoms with Crippen LogP contribution in [-0.2, 0) is 0 Å². The zero-order valence-corrected chi connectivity index (χ0v) is 15.9. The van der Waals surface area contributed by atoms with E-state index in [0.717, 1.165) is 13.1 Å². The van der Waals surface area contributed by atoms with Gasteiger partial charge in [0.25, 0.3) is 0 Å². The van der Waals surface area contributed by atoms with E-state index in [1.165, 1.54) is 55.5 Å². The summed E-state index contributed by atoms with van der Waals surface area (Å²) in [6.45, 7) is 11.4. The second-order valence-electron chi connectivity index (χ2n) is 6.14. The number of halogens is 2. The van der Waals surface area contributed by atoms with Gasteiger partial charge in [0.1, 0.15) is 0 Å². The largest absolute Gasteiger partial charge is 0.314 e. The molecule has 0 saturated carbocycles. The van der Waals surface area contributed by atoms with Crippen LogP contribution in [0.15, 0.2) is 18.2 Å². The van der Waals surface area contributed by atoms with Crippen LogP contribution in [0, 0.1) is 13.8 Å². The van der Waals surface area contributed by atoms with Crippen molar-refractivity contribution in [2.75, 3.05) is 26.2 Å². The number of benzene rings is 1. The molecule has 4 heteroatoms. The van der Waals surface area contributed by atoms with Gasteiger partial charge in [-0.2, -0.15) is 0 Å². The lowest BCUT2D eigenvalue weighted by Crippen LogP contribution is -2.45. The van der Waals surface area contributed by atoms with E-state index in [4.69, 9.17) is 0 Å². The summed E-state index contributed by atoms with van der Waals surface area (Å²) in [5.41, 5.74) is 4.35. The number of nitrogens with zero attached hydrogens (tertiary/aromatic N) is 1. The van der Waals surface area contributed by atoms with Crippen LogP contribution < -0.4 is 5.32 Å². The van der Waals surface area contributed by atoms with E-state index >= 15 is 0 Å². The third kappa shape index (κ3) is 6.08. The molecule has 0 aromatic heterocycles. The number of hydrogen-bond donors (Lipinski definition) is 1. The third-order valence-corrected chi connectivity index (χ3v) is 4.59. The number of rotatable bonds is 6. The summed E-state index contributed by atoms with van der Waals surface area (Å²) in [5, 5.41) is 3.47. The van der Waals surface area contributed by atoms with E-state index in [1.807, 2.05) is 0 Å². The van der Waals surface area contributed by atoms with Gasteiger partial charge in [0, 0.05) is 32.2 Å². The molecule has 1 saturated heterocycles. The van der Waals surface area contributed by atoms with Gasteiger partial charge in [0.2, 0.25) is 0 Å². The molecule has 0 aliphatic carbocycles. The zero-order valence-electron chi connectivity index (χ0n) is 14.2. The first-order valence-electron chi connectivity index (χ1n) is 8.24. The van der Waals surface area contributed by atoms with Gasteiger partial charge in [-0.15, -0.1) is 24.8 Å². The molecule has 1 atom stereocenters. The van der Waals surface area contributed by atoms with Crippen molar-refractivity contribution in [3.63, 3.8) is 0 Å². The maximum absolute atomic E-state index is 3.47. The fourth-order valence-electron chi connectivity index (χ4n) is 3.11. The maximum atomic E-state index is 3.47. The Bertz CT molecular complexity index is 418. The molecule has 0 spiro atoms. The SMILES string of the molecule is CCCCC[C@@H](c1ccc(C)c(C)c1)N1CCNCC1.Cl.Cl. The van der Waals surface area contributed by atoms with Crippen molar-refractivity contribution in [3.8, 4) is 0 Å².